The summed E-state index contributed by atoms with van der Waals surface area (Å²) < 4.78 is 5.75. The molecule has 0 radical (unpaired) electrons. The van der Waals surface area contributed by atoms with Crippen LogP contribution in [0.3, 0.4) is 0 Å². The number of pyridine rings is 1. The maximum absolute atomic E-state index is 11.8. The molecule has 1 unspecified atom stereocenters. The van der Waals surface area contributed by atoms with E-state index in [-0.39, 0.29) is 17.3 Å². The number of hydrogen-bond donors (Lipinski definition) is 1. The normalized spacial score (nSPS) is 28.9. The molecule has 1 saturated carbocycles. The Hall–Kier alpha value is -0.940. The molecule has 1 aliphatic carbocycles. The number of aliphatic hydroxyl groups is 1. The fraction of sp³-hybridized carbons (Fsp3) is 0.600. The van der Waals surface area contributed by atoms with E-state index in [1.165, 1.54) is 7.11 Å². The van der Waals surface area contributed by atoms with Crippen LogP contribution >= 0.6 is 15.9 Å². The number of carbonyl (C=O) groups is 1. The number of carbonyl (C=O) groups excluding carboxylic acids is 1. The van der Waals surface area contributed by atoms with Crippen molar-refractivity contribution in [2.75, 3.05) is 7.11 Å². The lowest BCUT2D eigenvalue weighted by molar-refractivity contribution is -0.158. The lowest BCUT2D eigenvalue weighted by atomic mass is 9.62. The fourth-order valence-corrected chi connectivity index (χ4v) is 3.42. The summed E-state index contributed by atoms with van der Waals surface area (Å²) in [6.07, 6.45) is 3.31. The van der Waals surface area contributed by atoms with Gasteiger partial charge in [0.05, 0.1) is 18.7 Å². The fourth-order valence-electron chi connectivity index (χ4n) is 3.19. The van der Waals surface area contributed by atoms with E-state index in [1.807, 2.05) is 26.0 Å². The number of rotatable bonds is 2. The molecule has 5 heteroatoms. The van der Waals surface area contributed by atoms with E-state index in [1.54, 1.807) is 6.20 Å². The number of methoxy groups -OCH3 is 1. The van der Waals surface area contributed by atoms with Gasteiger partial charge in [0.25, 0.3) is 0 Å². The summed E-state index contributed by atoms with van der Waals surface area (Å²) >= 11 is 3.34. The molecule has 2 rings (SSSR count). The second-order valence-corrected chi connectivity index (χ2v) is 7.09. The summed E-state index contributed by atoms with van der Waals surface area (Å²) in [5.74, 6) is -0.371. The molecule has 1 N–H and O–H groups in total. The molecule has 0 aliphatic heterocycles. The van der Waals surface area contributed by atoms with Crippen molar-refractivity contribution in [1.82, 2.24) is 4.98 Å². The van der Waals surface area contributed by atoms with Crippen LogP contribution in [0.15, 0.2) is 22.8 Å². The van der Waals surface area contributed by atoms with Crippen LogP contribution in [0.1, 0.15) is 38.8 Å². The minimum Gasteiger partial charge on any atom is -0.469 e. The van der Waals surface area contributed by atoms with Crippen LogP contribution in [0, 0.1) is 11.3 Å². The molecule has 0 amide bonds. The van der Waals surface area contributed by atoms with Crippen LogP contribution in [-0.2, 0) is 15.1 Å². The monoisotopic (exact) mass is 341 g/mol. The Labute approximate surface area is 127 Å². The van der Waals surface area contributed by atoms with Crippen LogP contribution in [0.4, 0.5) is 0 Å². The Morgan fingerprint density at radius 1 is 1.50 bits per heavy atom. The molecule has 1 aromatic heterocycles. The van der Waals surface area contributed by atoms with Crippen LogP contribution < -0.4 is 0 Å². The largest absolute Gasteiger partial charge is 0.469 e. The highest BCUT2D eigenvalue weighted by molar-refractivity contribution is 9.10. The third kappa shape index (κ3) is 2.88. The zero-order valence-corrected chi connectivity index (χ0v) is 13.6. The maximum atomic E-state index is 11.8. The summed E-state index contributed by atoms with van der Waals surface area (Å²) in [5.41, 5.74) is -0.638. The molecule has 1 fully saturated rings. The number of halogens is 1. The average Bonchev–Trinajstić information content (AvgIpc) is 2.37. The Balaban J connectivity index is 2.25. The highest BCUT2D eigenvalue weighted by Gasteiger charge is 2.48. The highest BCUT2D eigenvalue weighted by Crippen LogP contribution is 2.49. The Kier molecular flexibility index (Phi) is 4.21. The zero-order chi connectivity index (χ0) is 15.0. The van der Waals surface area contributed by atoms with Crippen LogP contribution in [0.2, 0.25) is 0 Å². The molecular formula is C15H20BrNO3. The second-order valence-electron chi connectivity index (χ2n) is 6.17. The van der Waals surface area contributed by atoms with Gasteiger partial charge in [-0.15, -0.1) is 0 Å². The third-order valence-corrected chi connectivity index (χ3v) is 4.70. The minimum atomic E-state index is -0.977. The molecule has 0 bridgehead atoms. The Morgan fingerprint density at radius 3 is 2.70 bits per heavy atom. The number of esters is 1. The van der Waals surface area contributed by atoms with E-state index in [0.29, 0.717) is 25.0 Å². The van der Waals surface area contributed by atoms with Crippen LogP contribution in [0.5, 0.6) is 0 Å². The van der Waals surface area contributed by atoms with Gasteiger partial charge in [-0.25, -0.2) is 0 Å². The van der Waals surface area contributed by atoms with Crippen LogP contribution in [0.25, 0.3) is 0 Å². The van der Waals surface area contributed by atoms with E-state index >= 15 is 0 Å². The smallest absolute Gasteiger partial charge is 0.309 e. The van der Waals surface area contributed by atoms with E-state index in [0.717, 1.165) is 4.47 Å². The first-order chi connectivity index (χ1) is 9.28. The Bertz CT molecular complexity index is 500. The first kappa shape index (κ1) is 15.4. The molecule has 2 atom stereocenters. The molecular weight excluding hydrogens is 322 g/mol. The molecule has 20 heavy (non-hydrogen) atoms. The minimum absolute atomic E-state index is 0.178. The molecule has 1 aliphatic rings. The van der Waals surface area contributed by atoms with Gasteiger partial charge in [0, 0.05) is 10.7 Å². The van der Waals surface area contributed by atoms with Gasteiger partial charge < -0.3 is 9.84 Å². The highest BCUT2D eigenvalue weighted by atomic mass is 79.9. The molecule has 1 aromatic rings. The van der Waals surface area contributed by atoms with Gasteiger partial charge in [-0.05, 0) is 52.7 Å². The summed E-state index contributed by atoms with van der Waals surface area (Å²) in [5, 5.41) is 10.9. The summed E-state index contributed by atoms with van der Waals surface area (Å²) in [6, 6.07) is 3.71. The molecule has 0 saturated heterocycles. The second kappa shape index (κ2) is 5.45. The van der Waals surface area contributed by atoms with Crippen molar-refractivity contribution >= 4 is 21.9 Å². The number of aromatic nitrogens is 1. The van der Waals surface area contributed by atoms with Gasteiger partial charge in [0.15, 0.2) is 0 Å². The summed E-state index contributed by atoms with van der Waals surface area (Å²) in [7, 11) is 1.41. The lowest BCUT2D eigenvalue weighted by Crippen LogP contribution is -2.45. The Morgan fingerprint density at radius 2 is 2.20 bits per heavy atom. The van der Waals surface area contributed by atoms with Gasteiger partial charge in [-0.1, -0.05) is 13.8 Å². The number of nitrogens with zero attached hydrogens (tertiary/aromatic N) is 1. The maximum Gasteiger partial charge on any atom is 0.309 e. The van der Waals surface area contributed by atoms with Crippen LogP contribution in [-0.4, -0.2) is 23.2 Å². The van der Waals surface area contributed by atoms with E-state index in [2.05, 4.69) is 20.9 Å². The number of ether oxygens (including phenoxy) is 1. The van der Waals surface area contributed by atoms with E-state index in [4.69, 9.17) is 4.74 Å². The molecule has 0 aromatic carbocycles. The predicted octanol–water partition coefficient (Wildman–Crippen LogP) is 3.03. The predicted molar refractivity (Wildman–Crippen MR) is 79.0 cm³/mol. The topological polar surface area (TPSA) is 59.4 Å². The standard InChI is InChI=1S/C15H20BrNO3/c1-14(2)9-15(19,7-6-11(14)13(18)20-3)12-5-4-10(16)8-17-12/h4-5,8,11,19H,6-7,9H2,1-3H3/t11?,15-/m0/s1. The van der Waals surface area contributed by atoms with Crippen molar-refractivity contribution in [3.63, 3.8) is 0 Å². The summed E-state index contributed by atoms with van der Waals surface area (Å²) in [6.45, 7) is 4.00. The van der Waals surface area contributed by atoms with Crippen molar-refractivity contribution < 1.29 is 14.6 Å². The molecule has 1 heterocycles. The van der Waals surface area contributed by atoms with Gasteiger partial charge in [0.1, 0.15) is 5.60 Å². The number of hydrogen-bond acceptors (Lipinski definition) is 4. The molecule has 110 valence electrons. The van der Waals surface area contributed by atoms with Gasteiger partial charge in [-0.3, -0.25) is 9.78 Å². The van der Waals surface area contributed by atoms with E-state index in [9.17, 15) is 9.90 Å². The van der Waals surface area contributed by atoms with Gasteiger partial charge in [-0.2, -0.15) is 0 Å². The summed E-state index contributed by atoms with van der Waals surface area (Å²) in [4.78, 5) is 16.2. The van der Waals surface area contributed by atoms with Gasteiger partial charge >= 0.3 is 5.97 Å². The van der Waals surface area contributed by atoms with Gasteiger partial charge in [0.2, 0.25) is 0 Å². The first-order valence-corrected chi connectivity index (χ1v) is 7.50. The van der Waals surface area contributed by atoms with E-state index < -0.39 is 5.60 Å². The quantitative estimate of drug-likeness (QED) is 0.840. The van der Waals surface area contributed by atoms with Crippen molar-refractivity contribution in [3.8, 4) is 0 Å². The average molecular weight is 342 g/mol. The first-order valence-electron chi connectivity index (χ1n) is 6.71. The lowest BCUT2D eigenvalue weighted by Gasteiger charge is -2.45. The molecule has 4 nitrogen and oxygen atoms in total. The zero-order valence-electron chi connectivity index (χ0n) is 12.0. The van der Waals surface area contributed by atoms with Crippen molar-refractivity contribution in [2.45, 2.75) is 38.7 Å². The van der Waals surface area contributed by atoms with Crippen molar-refractivity contribution in [3.05, 3.63) is 28.5 Å². The molecule has 0 spiro atoms. The third-order valence-electron chi connectivity index (χ3n) is 4.23. The SMILES string of the molecule is COC(=O)C1CC[C@@](O)(c2ccc(Br)cn2)CC1(C)C. The van der Waals surface area contributed by atoms with Crippen molar-refractivity contribution in [2.24, 2.45) is 11.3 Å². The van der Waals surface area contributed by atoms with Crippen molar-refractivity contribution in [1.29, 1.82) is 0 Å².